The molecule has 78 valence electrons. The van der Waals surface area contributed by atoms with Crippen LogP contribution in [0.4, 0.5) is 5.69 Å². The minimum atomic E-state index is -1.12. The van der Waals surface area contributed by atoms with E-state index in [0.717, 1.165) is 0 Å². The summed E-state index contributed by atoms with van der Waals surface area (Å²) in [5, 5.41) is 19.0. The molecule has 1 N–H and O–H groups in total. The highest BCUT2D eigenvalue weighted by Gasteiger charge is 2.06. The molecule has 15 heavy (non-hydrogen) atoms. The maximum Gasteiger partial charge on any atom is 0.342 e. The second-order valence-electron chi connectivity index (χ2n) is 2.65. The first kappa shape index (κ1) is 11.4. The van der Waals surface area contributed by atoms with Crippen molar-refractivity contribution in [2.24, 2.45) is 0 Å². The van der Waals surface area contributed by atoms with E-state index >= 15 is 0 Å². The SMILES string of the molecule is O=C(O)C(Br)=Cc1cccc([N+](=O)[O-])c1. The highest BCUT2D eigenvalue weighted by molar-refractivity contribution is 9.12. The molecular weight excluding hydrogens is 266 g/mol. The van der Waals surface area contributed by atoms with Gasteiger partial charge in [0.15, 0.2) is 0 Å². The number of aliphatic carboxylic acids is 1. The van der Waals surface area contributed by atoms with E-state index in [1.54, 1.807) is 6.07 Å². The summed E-state index contributed by atoms with van der Waals surface area (Å²) in [5.41, 5.74) is 0.382. The van der Waals surface area contributed by atoms with Crippen LogP contribution >= 0.6 is 15.9 Å². The zero-order chi connectivity index (χ0) is 11.4. The monoisotopic (exact) mass is 271 g/mol. The predicted molar refractivity (Wildman–Crippen MR) is 57.6 cm³/mol. The van der Waals surface area contributed by atoms with Gasteiger partial charge in [0.25, 0.3) is 5.69 Å². The molecule has 0 amide bonds. The molecule has 0 bridgehead atoms. The van der Waals surface area contributed by atoms with Crippen LogP contribution in [0.15, 0.2) is 28.7 Å². The van der Waals surface area contributed by atoms with Crippen LogP contribution in [-0.4, -0.2) is 16.0 Å². The lowest BCUT2D eigenvalue weighted by Crippen LogP contribution is -1.93. The van der Waals surface area contributed by atoms with Crippen LogP contribution < -0.4 is 0 Å². The first-order valence-electron chi connectivity index (χ1n) is 3.85. The molecular formula is C9H6BrNO4. The average Bonchev–Trinajstić information content (AvgIpc) is 2.18. The Labute approximate surface area is 93.3 Å². The van der Waals surface area contributed by atoms with Crippen LogP contribution in [0, 0.1) is 10.1 Å². The third-order valence-electron chi connectivity index (χ3n) is 1.58. The van der Waals surface area contributed by atoms with Gasteiger partial charge in [0.05, 0.1) is 4.92 Å². The van der Waals surface area contributed by atoms with E-state index in [9.17, 15) is 14.9 Å². The molecule has 0 aliphatic heterocycles. The molecule has 0 aliphatic rings. The van der Waals surface area contributed by atoms with Gasteiger partial charge < -0.3 is 5.11 Å². The van der Waals surface area contributed by atoms with Crippen LogP contribution in [0.2, 0.25) is 0 Å². The Morgan fingerprint density at radius 3 is 2.73 bits per heavy atom. The fraction of sp³-hybridized carbons (Fsp3) is 0. The molecule has 0 heterocycles. The topological polar surface area (TPSA) is 80.4 Å². The summed E-state index contributed by atoms with van der Waals surface area (Å²) in [7, 11) is 0. The quantitative estimate of drug-likeness (QED) is 0.520. The maximum atomic E-state index is 10.5. The number of nitrogens with zero attached hydrogens (tertiary/aromatic N) is 1. The Morgan fingerprint density at radius 2 is 2.20 bits per heavy atom. The lowest BCUT2D eigenvalue weighted by molar-refractivity contribution is -0.384. The largest absolute Gasteiger partial charge is 0.477 e. The molecule has 0 spiro atoms. The van der Waals surface area contributed by atoms with Gasteiger partial charge in [-0.3, -0.25) is 10.1 Å². The van der Waals surface area contributed by atoms with Crippen molar-refractivity contribution in [2.75, 3.05) is 0 Å². The predicted octanol–water partition coefficient (Wildman–Crippen LogP) is 2.42. The highest BCUT2D eigenvalue weighted by Crippen LogP contribution is 2.17. The van der Waals surface area contributed by atoms with Crippen LogP contribution in [0.3, 0.4) is 0 Å². The molecule has 0 aliphatic carbocycles. The van der Waals surface area contributed by atoms with Gasteiger partial charge in [0, 0.05) is 12.1 Å². The maximum absolute atomic E-state index is 10.5. The summed E-state index contributed by atoms with van der Waals surface area (Å²) >= 11 is 2.83. The summed E-state index contributed by atoms with van der Waals surface area (Å²) in [4.78, 5) is 20.4. The van der Waals surface area contributed by atoms with E-state index in [-0.39, 0.29) is 10.2 Å². The zero-order valence-electron chi connectivity index (χ0n) is 7.38. The summed E-state index contributed by atoms with van der Waals surface area (Å²) < 4.78 is -0.0528. The number of nitro benzene ring substituents is 1. The lowest BCUT2D eigenvalue weighted by atomic mass is 10.2. The molecule has 0 atom stereocenters. The van der Waals surface area contributed by atoms with Gasteiger partial charge >= 0.3 is 5.97 Å². The van der Waals surface area contributed by atoms with E-state index in [2.05, 4.69) is 15.9 Å². The van der Waals surface area contributed by atoms with E-state index < -0.39 is 10.9 Å². The summed E-state index contributed by atoms with van der Waals surface area (Å²) in [6.07, 6.45) is 1.30. The van der Waals surface area contributed by atoms with Crippen LogP contribution in [0.5, 0.6) is 0 Å². The Morgan fingerprint density at radius 1 is 1.53 bits per heavy atom. The fourth-order valence-corrected chi connectivity index (χ4v) is 1.20. The van der Waals surface area contributed by atoms with Crippen LogP contribution in [-0.2, 0) is 4.79 Å². The van der Waals surface area contributed by atoms with Gasteiger partial charge in [-0.2, -0.15) is 0 Å². The molecule has 0 radical (unpaired) electrons. The molecule has 5 nitrogen and oxygen atoms in total. The summed E-state index contributed by atoms with van der Waals surface area (Å²) in [5.74, 6) is -1.12. The molecule has 6 heteroatoms. The molecule has 0 unspecified atom stereocenters. The second kappa shape index (κ2) is 4.70. The average molecular weight is 272 g/mol. The van der Waals surface area contributed by atoms with Crippen molar-refractivity contribution in [3.05, 3.63) is 44.4 Å². The van der Waals surface area contributed by atoms with Gasteiger partial charge in [-0.25, -0.2) is 4.79 Å². The Hall–Kier alpha value is -1.69. The van der Waals surface area contributed by atoms with E-state index in [1.807, 2.05) is 0 Å². The lowest BCUT2D eigenvalue weighted by Gasteiger charge is -1.95. The Bertz CT molecular complexity index is 441. The smallest absolute Gasteiger partial charge is 0.342 e. The van der Waals surface area contributed by atoms with Gasteiger partial charge in [0.2, 0.25) is 0 Å². The number of nitro groups is 1. The first-order valence-corrected chi connectivity index (χ1v) is 4.65. The van der Waals surface area contributed by atoms with Crippen molar-refractivity contribution in [1.82, 2.24) is 0 Å². The van der Waals surface area contributed by atoms with Crippen molar-refractivity contribution in [3.63, 3.8) is 0 Å². The summed E-state index contributed by atoms with van der Waals surface area (Å²) in [6.45, 7) is 0. The van der Waals surface area contributed by atoms with E-state index in [1.165, 1.54) is 24.3 Å². The minimum Gasteiger partial charge on any atom is -0.477 e. The second-order valence-corrected chi connectivity index (χ2v) is 3.50. The molecule has 1 aromatic rings. The Kier molecular flexibility index (Phi) is 3.56. The highest BCUT2D eigenvalue weighted by atomic mass is 79.9. The van der Waals surface area contributed by atoms with Crippen molar-refractivity contribution in [1.29, 1.82) is 0 Å². The van der Waals surface area contributed by atoms with Gasteiger partial charge in [-0.1, -0.05) is 12.1 Å². The van der Waals surface area contributed by atoms with Gasteiger partial charge in [-0.05, 0) is 27.6 Å². The first-order chi connectivity index (χ1) is 7.00. The normalized spacial score (nSPS) is 11.1. The number of hydrogen-bond donors (Lipinski definition) is 1. The number of non-ortho nitro benzene ring substituents is 1. The molecule has 1 aromatic carbocycles. The number of carbonyl (C=O) groups is 1. The van der Waals surface area contributed by atoms with Crippen LogP contribution in [0.1, 0.15) is 5.56 Å². The van der Waals surface area contributed by atoms with Crippen molar-refractivity contribution >= 4 is 33.7 Å². The number of halogens is 1. The number of carboxylic acid groups (broad SMARTS) is 1. The molecule has 0 saturated carbocycles. The third-order valence-corrected chi connectivity index (χ3v) is 2.15. The Balaban J connectivity index is 3.06. The van der Waals surface area contributed by atoms with Crippen molar-refractivity contribution in [3.8, 4) is 0 Å². The molecule has 0 aromatic heterocycles. The molecule has 0 fully saturated rings. The number of carboxylic acids is 1. The van der Waals surface area contributed by atoms with E-state index in [0.29, 0.717) is 5.56 Å². The minimum absolute atomic E-state index is 0.0528. The number of rotatable bonds is 3. The van der Waals surface area contributed by atoms with Gasteiger partial charge in [-0.15, -0.1) is 0 Å². The third kappa shape index (κ3) is 3.17. The van der Waals surface area contributed by atoms with Crippen molar-refractivity contribution < 1.29 is 14.8 Å². The molecule has 1 rings (SSSR count). The standard InChI is InChI=1S/C9H6BrNO4/c10-8(9(12)13)5-6-2-1-3-7(4-6)11(14)15/h1-5H,(H,12,13). The van der Waals surface area contributed by atoms with Crippen LogP contribution in [0.25, 0.3) is 6.08 Å². The zero-order valence-corrected chi connectivity index (χ0v) is 8.97. The van der Waals surface area contributed by atoms with E-state index in [4.69, 9.17) is 5.11 Å². The fourth-order valence-electron chi connectivity index (χ4n) is 0.936. The summed E-state index contributed by atoms with van der Waals surface area (Å²) in [6, 6.07) is 5.71. The molecule has 0 saturated heterocycles. The number of hydrogen-bond acceptors (Lipinski definition) is 3. The number of benzene rings is 1. The van der Waals surface area contributed by atoms with Crippen molar-refractivity contribution in [2.45, 2.75) is 0 Å². The van der Waals surface area contributed by atoms with Gasteiger partial charge in [0.1, 0.15) is 4.48 Å².